The van der Waals surface area contributed by atoms with Crippen LogP contribution in [0.2, 0.25) is 0 Å². The van der Waals surface area contributed by atoms with E-state index in [4.69, 9.17) is 0 Å². The zero-order chi connectivity index (χ0) is 36.8. The number of hydroxylamine groups is 2. The second-order valence-corrected chi connectivity index (χ2v) is 16.9. The van der Waals surface area contributed by atoms with Crippen LogP contribution in [0.5, 0.6) is 5.75 Å². The Balaban J connectivity index is 1.44. The van der Waals surface area contributed by atoms with Crippen molar-refractivity contribution >= 4 is 76.5 Å². The normalized spacial score (nSPS) is 16.9. The zero-order valence-corrected chi connectivity index (χ0v) is 29.9. The SMILES string of the molecule is CC(=O)Nc1cc(N=Nc2snc3ccc(S(=O)(=O)NC4CC(C)(C)N([O-])C(C)(C)C4)cc23)cc(NC(=O)c2cccc(S(=O)(=O)O)c2)c1O. The number of aromatic hydroxyl groups is 1. The maximum atomic E-state index is 13.5. The molecule has 4 aromatic rings. The summed E-state index contributed by atoms with van der Waals surface area (Å²) in [5.41, 5.74) is -1.56. The van der Waals surface area contributed by atoms with Gasteiger partial charge in [0.1, 0.15) is 0 Å². The molecule has 0 radical (unpaired) electrons. The van der Waals surface area contributed by atoms with Crippen molar-refractivity contribution < 1.29 is 36.1 Å². The van der Waals surface area contributed by atoms with Crippen LogP contribution in [0, 0.1) is 5.21 Å². The molecule has 3 aromatic carbocycles. The number of hydrogen-bond donors (Lipinski definition) is 5. The number of phenols is 1. The smallest absolute Gasteiger partial charge is 0.294 e. The minimum Gasteiger partial charge on any atom is -0.784 e. The summed E-state index contributed by atoms with van der Waals surface area (Å²) in [5, 5.41) is 38.5. The van der Waals surface area contributed by atoms with Crippen LogP contribution in [0.4, 0.5) is 22.1 Å². The average Bonchev–Trinajstić information content (AvgIpc) is 3.42. The highest BCUT2D eigenvalue weighted by Crippen LogP contribution is 2.40. The second-order valence-electron chi connectivity index (χ2n) is 13.0. The van der Waals surface area contributed by atoms with Crippen LogP contribution < -0.4 is 15.4 Å². The van der Waals surface area contributed by atoms with Crippen molar-refractivity contribution in [3.8, 4) is 5.75 Å². The fourth-order valence-electron chi connectivity index (χ4n) is 5.93. The maximum Gasteiger partial charge on any atom is 0.294 e. The number of aromatic nitrogens is 1. The van der Waals surface area contributed by atoms with E-state index in [9.17, 15) is 41.3 Å². The Hall–Kier alpha value is -4.37. The van der Waals surface area contributed by atoms with E-state index < -0.39 is 59.7 Å². The number of phenolic OH excluding ortho intramolecular Hbond substituents is 1. The van der Waals surface area contributed by atoms with Crippen LogP contribution >= 0.6 is 11.5 Å². The first-order chi connectivity index (χ1) is 23.2. The Bertz CT molecular complexity index is 2230. The van der Waals surface area contributed by atoms with E-state index in [2.05, 4.69) is 30.0 Å². The Labute approximate surface area is 292 Å². The summed E-state index contributed by atoms with van der Waals surface area (Å²) in [5.74, 6) is -1.93. The molecule has 16 nitrogen and oxygen atoms in total. The number of carbonyl (C=O) groups is 2. The summed E-state index contributed by atoms with van der Waals surface area (Å²) in [7, 11) is -8.62. The quantitative estimate of drug-likeness (QED) is 0.0794. The van der Waals surface area contributed by atoms with Crippen LogP contribution in [0.25, 0.3) is 10.9 Å². The number of azo groups is 1. The molecule has 1 saturated heterocycles. The molecular weight excluding hydrogens is 711 g/mol. The van der Waals surface area contributed by atoms with E-state index >= 15 is 0 Å². The number of carbonyl (C=O) groups excluding carboxylic acids is 2. The van der Waals surface area contributed by atoms with E-state index in [0.29, 0.717) is 23.7 Å². The number of nitrogens with one attached hydrogen (secondary N) is 3. The summed E-state index contributed by atoms with van der Waals surface area (Å²) in [6, 6.07) is 11.0. The van der Waals surface area contributed by atoms with Gasteiger partial charge >= 0.3 is 0 Å². The summed E-state index contributed by atoms with van der Waals surface area (Å²) in [6.45, 7) is 8.30. The number of benzene rings is 3. The highest BCUT2D eigenvalue weighted by atomic mass is 32.2. The molecule has 5 N–H and O–H groups in total. The second kappa shape index (κ2) is 13.4. The fraction of sp³-hybridized carbons (Fsp3) is 0.323. The van der Waals surface area contributed by atoms with Crippen LogP contribution in [0.3, 0.4) is 0 Å². The van der Waals surface area contributed by atoms with E-state index in [-0.39, 0.29) is 32.5 Å². The van der Waals surface area contributed by atoms with Gasteiger partial charge in [-0.1, -0.05) is 6.07 Å². The van der Waals surface area contributed by atoms with Gasteiger partial charge in [-0.2, -0.15) is 12.8 Å². The molecule has 0 spiro atoms. The van der Waals surface area contributed by atoms with Gasteiger partial charge in [0.05, 0.1) is 32.4 Å². The summed E-state index contributed by atoms with van der Waals surface area (Å²) in [4.78, 5) is 24.3. The molecule has 5 rings (SSSR count). The van der Waals surface area contributed by atoms with E-state index in [1.807, 2.05) is 0 Å². The molecule has 0 aliphatic carbocycles. The predicted molar refractivity (Wildman–Crippen MR) is 187 cm³/mol. The van der Waals surface area contributed by atoms with Crippen molar-refractivity contribution in [2.45, 2.75) is 74.4 Å². The molecule has 2 heterocycles. The van der Waals surface area contributed by atoms with Gasteiger partial charge in [-0.25, -0.2) is 13.1 Å². The lowest BCUT2D eigenvalue weighted by atomic mass is 9.79. The number of amides is 2. The van der Waals surface area contributed by atoms with Gasteiger partial charge in [0.2, 0.25) is 15.9 Å². The number of anilines is 2. The Morgan fingerprint density at radius 2 is 1.58 bits per heavy atom. The predicted octanol–water partition coefficient (Wildman–Crippen LogP) is 5.67. The fourth-order valence-corrected chi connectivity index (χ4v) is 8.41. The van der Waals surface area contributed by atoms with Crippen molar-refractivity contribution in [3.63, 3.8) is 0 Å². The molecule has 19 heteroatoms. The van der Waals surface area contributed by atoms with Crippen molar-refractivity contribution in [2.24, 2.45) is 10.2 Å². The molecule has 1 aromatic heterocycles. The highest BCUT2D eigenvalue weighted by Gasteiger charge is 2.41. The molecular formula is C31H34N7O9S3-. The van der Waals surface area contributed by atoms with Gasteiger partial charge in [0.15, 0.2) is 10.8 Å². The minimum atomic E-state index is -4.60. The molecule has 0 bridgehead atoms. The van der Waals surface area contributed by atoms with Gasteiger partial charge in [-0.05, 0) is 101 Å². The Morgan fingerprint density at radius 1 is 0.940 bits per heavy atom. The van der Waals surface area contributed by atoms with Crippen LogP contribution in [-0.2, 0) is 24.9 Å². The van der Waals surface area contributed by atoms with Gasteiger partial charge in [0.25, 0.3) is 16.0 Å². The molecule has 1 aliphatic heterocycles. The van der Waals surface area contributed by atoms with Crippen LogP contribution in [0.15, 0.2) is 74.6 Å². The van der Waals surface area contributed by atoms with E-state index in [1.165, 1.54) is 49.4 Å². The number of hydrogen-bond acceptors (Lipinski definition) is 13. The maximum absolute atomic E-state index is 13.5. The largest absolute Gasteiger partial charge is 0.784 e. The lowest BCUT2D eigenvalue weighted by molar-refractivity contribution is -0.114. The number of sulfonamides is 1. The van der Waals surface area contributed by atoms with Gasteiger partial charge < -0.3 is 26.0 Å². The molecule has 50 heavy (non-hydrogen) atoms. The topological polar surface area (TPSA) is 243 Å². The number of piperidine rings is 1. The van der Waals surface area contributed by atoms with Crippen molar-refractivity contribution in [1.82, 2.24) is 14.2 Å². The lowest BCUT2D eigenvalue weighted by Crippen LogP contribution is -2.61. The third-order valence-corrected chi connectivity index (χ3v) is 11.1. The number of fused-ring (bicyclic) bond motifs is 1. The lowest BCUT2D eigenvalue weighted by Gasteiger charge is -2.59. The Kier molecular flexibility index (Phi) is 9.89. The van der Waals surface area contributed by atoms with Crippen molar-refractivity contribution in [2.75, 3.05) is 10.6 Å². The molecule has 266 valence electrons. The number of nitrogens with zero attached hydrogens (tertiary/aromatic N) is 4. The van der Waals surface area contributed by atoms with Crippen LogP contribution in [0.1, 0.15) is 57.8 Å². The minimum absolute atomic E-state index is 0.0394. The molecule has 2 amide bonds. The monoisotopic (exact) mass is 744 g/mol. The summed E-state index contributed by atoms with van der Waals surface area (Å²) >= 11 is 0.946. The first-order valence-electron chi connectivity index (χ1n) is 15.0. The highest BCUT2D eigenvalue weighted by molar-refractivity contribution is 7.89. The first kappa shape index (κ1) is 36.9. The standard InChI is InChI=1S/C31H34N7O9S3/c1-17(39)32-25-12-19(13-26(27(25)40)33-28(41)18-7-6-8-22(11-18)50(45,46)47)34-35-29-23-14-21(9-10-24(23)36-48-29)49(43,44)37-20-15-30(2,3)38(42)31(4,5)16-20/h6-14,20,37,40H,15-16H2,1-5H3,(H,32,39)(H,33,41)(H,45,46,47)/q-1. The van der Waals surface area contributed by atoms with Gasteiger partial charge in [0, 0.05) is 35.0 Å². The van der Waals surface area contributed by atoms with Gasteiger partial charge in [-0.3, -0.25) is 14.1 Å². The molecule has 0 unspecified atom stereocenters. The molecule has 0 atom stereocenters. The summed E-state index contributed by atoms with van der Waals surface area (Å²) < 4.78 is 66.5. The van der Waals surface area contributed by atoms with E-state index in [0.717, 1.165) is 28.7 Å². The third-order valence-electron chi connectivity index (χ3n) is 7.96. The van der Waals surface area contributed by atoms with Crippen molar-refractivity contribution in [3.05, 3.63) is 65.4 Å². The van der Waals surface area contributed by atoms with Gasteiger partial charge in [-0.15, -0.1) is 10.2 Å². The third kappa shape index (κ3) is 7.99. The number of rotatable bonds is 9. The molecule has 1 aliphatic rings. The van der Waals surface area contributed by atoms with Crippen molar-refractivity contribution in [1.29, 1.82) is 0 Å². The average molecular weight is 745 g/mol. The molecule has 0 saturated carbocycles. The summed E-state index contributed by atoms with van der Waals surface area (Å²) in [6.07, 6.45) is 0.626. The molecule has 1 fully saturated rings. The first-order valence-corrected chi connectivity index (χ1v) is 18.7. The van der Waals surface area contributed by atoms with E-state index in [1.54, 1.807) is 27.7 Å². The van der Waals surface area contributed by atoms with Crippen LogP contribution in [-0.4, -0.2) is 64.9 Å². The Morgan fingerprint density at radius 3 is 2.20 bits per heavy atom. The zero-order valence-electron chi connectivity index (χ0n) is 27.5.